The zero-order chi connectivity index (χ0) is 14.0. The third-order valence-electron chi connectivity index (χ3n) is 3.30. The van der Waals surface area contributed by atoms with E-state index in [1.165, 1.54) is 16.7 Å². The zero-order valence-corrected chi connectivity index (χ0v) is 13.4. The Balaban J connectivity index is 2.27. The van der Waals surface area contributed by atoms with Crippen molar-refractivity contribution in [2.24, 2.45) is 5.73 Å². The monoisotopic (exact) mass is 337 g/mol. The molecule has 0 amide bonds. The maximum atomic E-state index is 6.33. The normalized spacial score (nSPS) is 12.5. The van der Waals surface area contributed by atoms with E-state index in [-0.39, 0.29) is 6.04 Å². The van der Waals surface area contributed by atoms with Gasteiger partial charge in [-0.15, -0.1) is 0 Å². The van der Waals surface area contributed by atoms with Crippen LogP contribution in [0.4, 0.5) is 0 Å². The topological polar surface area (TPSA) is 26.0 Å². The molecule has 2 aromatic rings. The van der Waals surface area contributed by atoms with E-state index in [1.807, 2.05) is 18.2 Å². The Labute approximate surface area is 127 Å². The molecule has 1 nitrogen and oxygen atoms in total. The molecule has 2 rings (SSSR count). The molecule has 0 radical (unpaired) electrons. The first-order valence-corrected chi connectivity index (χ1v) is 7.41. The molecule has 2 aromatic carbocycles. The van der Waals surface area contributed by atoms with Crippen molar-refractivity contribution in [2.45, 2.75) is 26.3 Å². The predicted molar refractivity (Wildman–Crippen MR) is 85.7 cm³/mol. The maximum absolute atomic E-state index is 6.33. The van der Waals surface area contributed by atoms with Crippen molar-refractivity contribution in [1.82, 2.24) is 0 Å². The van der Waals surface area contributed by atoms with Crippen molar-refractivity contribution < 1.29 is 0 Å². The minimum absolute atomic E-state index is 0.0615. The fourth-order valence-corrected chi connectivity index (χ4v) is 2.89. The summed E-state index contributed by atoms with van der Waals surface area (Å²) >= 11 is 9.58. The molecule has 0 bridgehead atoms. The second-order valence-electron chi connectivity index (χ2n) is 4.91. The van der Waals surface area contributed by atoms with Crippen LogP contribution in [-0.4, -0.2) is 0 Å². The number of nitrogens with two attached hydrogens (primary N) is 1. The van der Waals surface area contributed by atoms with Crippen molar-refractivity contribution in [3.63, 3.8) is 0 Å². The summed E-state index contributed by atoms with van der Waals surface area (Å²) in [6.45, 7) is 4.22. The summed E-state index contributed by atoms with van der Waals surface area (Å²) in [7, 11) is 0. The Kier molecular flexibility index (Phi) is 4.67. The SMILES string of the molecule is Cc1ccc(C)c(CC(N)c2cc(Cl)ccc2Br)c1. The lowest BCUT2D eigenvalue weighted by molar-refractivity contribution is 0.715. The van der Waals surface area contributed by atoms with Gasteiger partial charge in [0.2, 0.25) is 0 Å². The molecule has 1 atom stereocenters. The fourth-order valence-electron chi connectivity index (χ4n) is 2.17. The number of benzene rings is 2. The van der Waals surface area contributed by atoms with Crippen molar-refractivity contribution in [3.8, 4) is 0 Å². The quantitative estimate of drug-likeness (QED) is 0.841. The second kappa shape index (κ2) is 6.08. The maximum Gasteiger partial charge on any atom is 0.0410 e. The fraction of sp³-hybridized carbons (Fsp3) is 0.250. The van der Waals surface area contributed by atoms with Crippen LogP contribution in [-0.2, 0) is 6.42 Å². The lowest BCUT2D eigenvalue weighted by Crippen LogP contribution is -2.14. The van der Waals surface area contributed by atoms with Gasteiger partial charge in [0.15, 0.2) is 0 Å². The zero-order valence-electron chi connectivity index (χ0n) is 11.1. The highest BCUT2D eigenvalue weighted by atomic mass is 79.9. The Bertz CT molecular complexity index is 595. The smallest absolute Gasteiger partial charge is 0.0410 e. The molecule has 0 fully saturated rings. The Morgan fingerprint density at radius 1 is 1.16 bits per heavy atom. The number of hydrogen-bond acceptors (Lipinski definition) is 1. The van der Waals surface area contributed by atoms with Crippen LogP contribution in [0.3, 0.4) is 0 Å². The van der Waals surface area contributed by atoms with Gasteiger partial charge in [-0.05, 0) is 55.2 Å². The second-order valence-corrected chi connectivity index (χ2v) is 6.20. The minimum atomic E-state index is -0.0615. The van der Waals surface area contributed by atoms with Gasteiger partial charge >= 0.3 is 0 Å². The van der Waals surface area contributed by atoms with Gasteiger partial charge in [-0.2, -0.15) is 0 Å². The lowest BCUT2D eigenvalue weighted by Gasteiger charge is -2.16. The van der Waals surface area contributed by atoms with Gasteiger partial charge in [0.05, 0.1) is 0 Å². The molecule has 1 unspecified atom stereocenters. The van der Waals surface area contributed by atoms with Crippen LogP contribution in [0.25, 0.3) is 0 Å². The van der Waals surface area contributed by atoms with E-state index in [0.717, 1.165) is 21.5 Å². The molecule has 0 saturated carbocycles. The highest BCUT2D eigenvalue weighted by Crippen LogP contribution is 2.28. The Hall–Kier alpha value is -0.830. The molecule has 0 aromatic heterocycles. The number of rotatable bonds is 3. The summed E-state index contributed by atoms with van der Waals surface area (Å²) in [4.78, 5) is 0. The summed E-state index contributed by atoms with van der Waals surface area (Å²) in [5, 5.41) is 0.717. The van der Waals surface area contributed by atoms with Crippen LogP contribution in [0.1, 0.15) is 28.3 Å². The van der Waals surface area contributed by atoms with Crippen LogP contribution in [0.5, 0.6) is 0 Å². The molecule has 0 saturated heterocycles. The van der Waals surface area contributed by atoms with Crippen LogP contribution in [0, 0.1) is 13.8 Å². The third-order valence-corrected chi connectivity index (χ3v) is 4.26. The van der Waals surface area contributed by atoms with Crippen molar-refractivity contribution >= 4 is 27.5 Å². The van der Waals surface area contributed by atoms with Crippen molar-refractivity contribution in [2.75, 3.05) is 0 Å². The first-order valence-electron chi connectivity index (χ1n) is 6.24. The van der Waals surface area contributed by atoms with E-state index < -0.39 is 0 Å². The van der Waals surface area contributed by atoms with Gasteiger partial charge in [0, 0.05) is 15.5 Å². The van der Waals surface area contributed by atoms with Gasteiger partial charge < -0.3 is 5.73 Å². The first-order chi connectivity index (χ1) is 8.97. The molecule has 0 aliphatic rings. The van der Waals surface area contributed by atoms with E-state index >= 15 is 0 Å². The molecule has 2 N–H and O–H groups in total. The molecule has 0 aliphatic heterocycles. The number of aryl methyl sites for hydroxylation is 2. The molecule has 3 heteroatoms. The first kappa shape index (κ1) is 14.6. The minimum Gasteiger partial charge on any atom is -0.324 e. The van der Waals surface area contributed by atoms with E-state index in [2.05, 4.69) is 48.0 Å². The van der Waals surface area contributed by atoms with Gasteiger partial charge in [-0.1, -0.05) is 51.3 Å². The van der Waals surface area contributed by atoms with E-state index in [9.17, 15) is 0 Å². The van der Waals surface area contributed by atoms with Gasteiger partial charge in [-0.25, -0.2) is 0 Å². The van der Waals surface area contributed by atoms with Crippen LogP contribution in [0.2, 0.25) is 5.02 Å². The molecule has 100 valence electrons. The lowest BCUT2D eigenvalue weighted by atomic mass is 9.95. The molecule has 0 spiro atoms. The van der Waals surface area contributed by atoms with Crippen LogP contribution >= 0.6 is 27.5 Å². The summed E-state index contributed by atoms with van der Waals surface area (Å²) in [6.07, 6.45) is 0.812. The summed E-state index contributed by atoms with van der Waals surface area (Å²) in [5.74, 6) is 0. The number of hydrogen-bond donors (Lipinski definition) is 1. The van der Waals surface area contributed by atoms with Crippen LogP contribution < -0.4 is 5.73 Å². The summed E-state index contributed by atoms with van der Waals surface area (Å²) < 4.78 is 1.01. The molecular weight excluding hydrogens is 322 g/mol. The van der Waals surface area contributed by atoms with Crippen molar-refractivity contribution in [3.05, 3.63) is 68.1 Å². The van der Waals surface area contributed by atoms with Crippen LogP contribution in [0.15, 0.2) is 40.9 Å². The van der Waals surface area contributed by atoms with Crippen molar-refractivity contribution in [1.29, 1.82) is 0 Å². The highest BCUT2D eigenvalue weighted by molar-refractivity contribution is 9.10. The molecule has 0 aliphatic carbocycles. The molecular formula is C16H17BrClN. The molecule has 19 heavy (non-hydrogen) atoms. The van der Waals surface area contributed by atoms with E-state index in [4.69, 9.17) is 17.3 Å². The summed E-state index contributed by atoms with van der Waals surface area (Å²) in [6, 6.07) is 12.1. The van der Waals surface area contributed by atoms with E-state index in [1.54, 1.807) is 0 Å². The largest absolute Gasteiger partial charge is 0.324 e. The third kappa shape index (κ3) is 3.59. The number of halogens is 2. The highest BCUT2D eigenvalue weighted by Gasteiger charge is 2.12. The average Bonchev–Trinajstić information content (AvgIpc) is 2.36. The Morgan fingerprint density at radius 2 is 1.89 bits per heavy atom. The van der Waals surface area contributed by atoms with Gasteiger partial charge in [0.1, 0.15) is 0 Å². The van der Waals surface area contributed by atoms with Gasteiger partial charge in [-0.3, -0.25) is 0 Å². The average molecular weight is 339 g/mol. The summed E-state index contributed by atoms with van der Waals surface area (Å²) in [5.41, 5.74) is 11.2. The Morgan fingerprint density at radius 3 is 2.63 bits per heavy atom. The predicted octanol–water partition coefficient (Wildman–Crippen LogP) is 4.96. The standard InChI is InChI=1S/C16H17BrClN/c1-10-3-4-11(2)12(7-10)8-16(19)14-9-13(18)5-6-15(14)17/h3-7,9,16H,8,19H2,1-2H3. The van der Waals surface area contributed by atoms with Gasteiger partial charge in [0.25, 0.3) is 0 Å². The van der Waals surface area contributed by atoms with E-state index in [0.29, 0.717) is 0 Å². The molecule has 0 heterocycles.